The minimum Gasteiger partial charge on any atom is -0.342 e. The molecule has 2 fully saturated rings. The van der Waals surface area contributed by atoms with Crippen molar-refractivity contribution in [2.24, 2.45) is 5.92 Å². The number of rotatable bonds is 4. The van der Waals surface area contributed by atoms with Gasteiger partial charge in [-0.25, -0.2) is 4.79 Å². The second-order valence-electron chi connectivity index (χ2n) is 9.35. The van der Waals surface area contributed by atoms with Gasteiger partial charge in [-0.15, -0.1) is 0 Å². The molecule has 1 aromatic heterocycles. The van der Waals surface area contributed by atoms with Crippen LogP contribution < -0.4 is 5.69 Å². The molecule has 168 valence electrons. The molecular formula is C26H32N4O2. The summed E-state index contributed by atoms with van der Waals surface area (Å²) in [5, 5.41) is 0. The Kier molecular flexibility index (Phi) is 5.87. The summed E-state index contributed by atoms with van der Waals surface area (Å²) in [6, 6.07) is 18.4. The molecule has 0 spiro atoms. The highest BCUT2D eigenvalue weighted by molar-refractivity contribution is 5.79. The van der Waals surface area contributed by atoms with Crippen molar-refractivity contribution in [3.63, 3.8) is 0 Å². The van der Waals surface area contributed by atoms with Crippen molar-refractivity contribution in [3.05, 3.63) is 70.6 Å². The summed E-state index contributed by atoms with van der Waals surface area (Å²) in [4.78, 5) is 30.9. The zero-order valence-corrected chi connectivity index (χ0v) is 18.8. The van der Waals surface area contributed by atoms with E-state index in [9.17, 15) is 9.59 Å². The highest BCUT2D eigenvalue weighted by Gasteiger charge is 2.31. The fraction of sp³-hybridized carbons (Fsp3) is 0.462. The van der Waals surface area contributed by atoms with Crippen LogP contribution in [0.3, 0.4) is 0 Å². The second kappa shape index (κ2) is 8.94. The molecule has 0 N–H and O–H groups in total. The van der Waals surface area contributed by atoms with Crippen LogP contribution in [-0.2, 0) is 11.3 Å². The lowest BCUT2D eigenvalue weighted by molar-refractivity contribution is -0.138. The Morgan fingerprint density at radius 1 is 0.844 bits per heavy atom. The zero-order valence-electron chi connectivity index (χ0n) is 18.8. The van der Waals surface area contributed by atoms with Crippen molar-refractivity contribution in [1.82, 2.24) is 18.9 Å². The molecule has 0 bridgehead atoms. The van der Waals surface area contributed by atoms with Gasteiger partial charge in [0.2, 0.25) is 5.91 Å². The normalized spacial score (nSPS) is 19.0. The van der Waals surface area contributed by atoms with E-state index in [0.29, 0.717) is 12.5 Å². The third-order valence-corrected chi connectivity index (χ3v) is 7.26. The third-order valence-electron chi connectivity index (χ3n) is 7.26. The van der Waals surface area contributed by atoms with E-state index in [1.54, 1.807) is 0 Å². The van der Waals surface area contributed by atoms with Gasteiger partial charge in [-0.1, -0.05) is 42.5 Å². The van der Waals surface area contributed by atoms with Crippen LogP contribution in [0.1, 0.15) is 37.3 Å². The fourth-order valence-electron chi connectivity index (χ4n) is 5.36. The van der Waals surface area contributed by atoms with Gasteiger partial charge in [-0.2, -0.15) is 0 Å². The van der Waals surface area contributed by atoms with E-state index in [-0.39, 0.29) is 17.6 Å². The van der Waals surface area contributed by atoms with Crippen molar-refractivity contribution >= 4 is 16.9 Å². The minimum atomic E-state index is 0.0511. The summed E-state index contributed by atoms with van der Waals surface area (Å²) >= 11 is 0. The molecule has 0 unspecified atom stereocenters. The summed E-state index contributed by atoms with van der Waals surface area (Å²) in [7, 11) is 2.12. The molecular weight excluding hydrogens is 400 g/mol. The lowest BCUT2D eigenvalue weighted by Crippen LogP contribution is -2.45. The van der Waals surface area contributed by atoms with Crippen LogP contribution in [0.5, 0.6) is 0 Å². The van der Waals surface area contributed by atoms with E-state index in [1.807, 2.05) is 56.5 Å². The zero-order chi connectivity index (χ0) is 22.1. The molecule has 3 heterocycles. The van der Waals surface area contributed by atoms with Crippen LogP contribution in [0.15, 0.2) is 59.4 Å². The number of aromatic nitrogens is 2. The van der Waals surface area contributed by atoms with Gasteiger partial charge >= 0.3 is 5.69 Å². The van der Waals surface area contributed by atoms with Gasteiger partial charge in [-0.3, -0.25) is 13.9 Å². The van der Waals surface area contributed by atoms with Gasteiger partial charge in [0.15, 0.2) is 0 Å². The summed E-state index contributed by atoms with van der Waals surface area (Å²) in [6.45, 7) is 4.05. The Morgan fingerprint density at radius 2 is 1.47 bits per heavy atom. The van der Waals surface area contributed by atoms with Crippen LogP contribution in [0.25, 0.3) is 11.0 Å². The van der Waals surface area contributed by atoms with Gasteiger partial charge in [0.05, 0.1) is 17.6 Å². The lowest BCUT2D eigenvalue weighted by atomic mass is 9.94. The molecule has 0 saturated carbocycles. The number of carbonyl (C=O) groups excluding carboxylic acids is 1. The highest BCUT2D eigenvalue weighted by Crippen LogP contribution is 2.28. The number of carbonyl (C=O) groups is 1. The summed E-state index contributed by atoms with van der Waals surface area (Å²) < 4.78 is 3.87. The van der Waals surface area contributed by atoms with Gasteiger partial charge in [0.25, 0.3) is 0 Å². The summed E-state index contributed by atoms with van der Waals surface area (Å²) in [5.74, 6) is 0.480. The smallest absolute Gasteiger partial charge is 0.329 e. The molecule has 0 aliphatic carbocycles. The molecule has 2 aliphatic heterocycles. The van der Waals surface area contributed by atoms with E-state index in [0.717, 1.165) is 68.5 Å². The van der Waals surface area contributed by atoms with Crippen molar-refractivity contribution in [1.29, 1.82) is 0 Å². The van der Waals surface area contributed by atoms with Crippen molar-refractivity contribution in [2.75, 3.05) is 33.2 Å². The average molecular weight is 433 g/mol. The van der Waals surface area contributed by atoms with E-state index >= 15 is 0 Å². The number of amides is 1. The van der Waals surface area contributed by atoms with Gasteiger partial charge in [-0.05, 0) is 63.5 Å². The molecule has 2 saturated heterocycles. The first-order valence-electron chi connectivity index (χ1n) is 11.8. The first-order valence-corrected chi connectivity index (χ1v) is 11.8. The number of para-hydroxylation sites is 2. The molecule has 6 heteroatoms. The number of benzene rings is 2. The van der Waals surface area contributed by atoms with Crippen LogP contribution in [0.4, 0.5) is 0 Å². The molecule has 2 aliphatic rings. The monoisotopic (exact) mass is 432 g/mol. The van der Waals surface area contributed by atoms with Crippen molar-refractivity contribution in [3.8, 4) is 0 Å². The molecule has 1 amide bonds. The number of piperidine rings is 2. The molecule has 5 rings (SSSR count). The van der Waals surface area contributed by atoms with Crippen LogP contribution >= 0.6 is 0 Å². The minimum absolute atomic E-state index is 0.0511. The van der Waals surface area contributed by atoms with Crippen LogP contribution in [0, 0.1) is 5.92 Å². The molecule has 32 heavy (non-hydrogen) atoms. The topological polar surface area (TPSA) is 50.5 Å². The van der Waals surface area contributed by atoms with E-state index in [1.165, 1.54) is 0 Å². The largest absolute Gasteiger partial charge is 0.342 e. The molecule has 0 atom stereocenters. The molecule has 2 aromatic carbocycles. The Balaban J connectivity index is 1.35. The summed E-state index contributed by atoms with van der Waals surface area (Å²) in [6.07, 6.45) is 3.58. The average Bonchev–Trinajstić information content (AvgIpc) is 3.11. The van der Waals surface area contributed by atoms with E-state index in [2.05, 4.69) is 24.1 Å². The number of hydrogen-bond donors (Lipinski definition) is 0. The van der Waals surface area contributed by atoms with Gasteiger partial charge < -0.3 is 9.80 Å². The first-order chi connectivity index (χ1) is 15.6. The van der Waals surface area contributed by atoms with Crippen molar-refractivity contribution in [2.45, 2.75) is 38.3 Å². The van der Waals surface area contributed by atoms with Crippen LogP contribution in [-0.4, -0.2) is 58.1 Å². The van der Waals surface area contributed by atoms with E-state index in [4.69, 9.17) is 0 Å². The quantitative estimate of drug-likeness (QED) is 0.635. The Bertz CT molecular complexity index is 1130. The number of nitrogens with zero attached hydrogens (tertiary/aromatic N) is 4. The van der Waals surface area contributed by atoms with E-state index < -0.39 is 0 Å². The molecule has 0 radical (unpaired) electrons. The Morgan fingerprint density at radius 3 is 2.16 bits per heavy atom. The third kappa shape index (κ3) is 3.99. The van der Waals surface area contributed by atoms with Crippen molar-refractivity contribution < 1.29 is 4.79 Å². The predicted molar refractivity (Wildman–Crippen MR) is 127 cm³/mol. The Labute approximate surface area is 189 Å². The maximum Gasteiger partial charge on any atom is 0.329 e. The maximum absolute atomic E-state index is 13.5. The van der Waals surface area contributed by atoms with Crippen LogP contribution in [0.2, 0.25) is 0 Å². The summed E-state index contributed by atoms with van der Waals surface area (Å²) in [5.41, 5.74) is 3.14. The lowest BCUT2D eigenvalue weighted by Gasteiger charge is -2.36. The highest BCUT2D eigenvalue weighted by atomic mass is 16.2. The first kappa shape index (κ1) is 21.0. The number of hydrogen-bond acceptors (Lipinski definition) is 3. The fourth-order valence-corrected chi connectivity index (χ4v) is 5.36. The van der Waals surface area contributed by atoms with Gasteiger partial charge in [0.1, 0.15) is 0 Å². The standard InChI is InChI=1S/C26H32N4O2/c1-27-15-11-21(12-16-27)25(31)28-17-13-22(14-18-28)30-24-10-6-5-9-23(24)29(26(30)32)19-20-7-3-2-4-8-20/h2-10,21-22H,11-19H2,1H3. The SMILES string of the molecule is CN1CCC(C(=O)N2CCC(n3c(=O)n(Cc4ccccc4)c4ccccc43)CC2)CC1. The second-order valence-corrected chi connectivity index (χ2v) is 9.35. The molecule has 6 nitrogen and oxygen atoms in total. The number of imidazole rings is 1. The van der Waals surface area contributed by atoms with Gasteiger partial charge in [0, 0.05) is 25.0 Å². The number of fused-ring (bicyclic) bond motifs is 1. The number of likely N-dealkylation sites (tertiary alicyclic amines) is 2. The maximum atomic E-state index is 13.5. The Hall–Kier alpha value is -2.86. The molecule has 3 aromatic rings. The predicted octanol–water partition coefficient (Wildman–Crippen LogP) is 3.36.